The Kier molecular flexibility index (Phi) is 7.47. The Morgan fingerprint density at radius 2 is 1.97 bits per heavy atom. The molecule has 0 spiro atoms. The molecule has 10 heteroatoms. The van der Waals surface area contributed by atoms with Crippen molar-refractivity contribution in [1.29, 1.82) is 0 Å². The van der Waals surface area contributed by atoms with Gasteiger partial charge in [0.25, 0.3) is 0 Å². The number of guanidine groups is 1. The van der Waals surface area contributed by atoms with Crippen LogP contribution in [0.3, 0.4) is 0 Å². The van der Waals surface area contributed by atoms with Crippen LogP contribution in [0.5, 0.6) is 5.75 Å². The van der Waals surface area contributed by atoms with E-state index in [1.54, 1.807) is 26.4 Å². The molecule has 0 aliphatic carbocycles. The van der Waals surface area contributed by atoms with Crippen LogP contribution in [-0.4, -0.2) is 77.7 Å². The van der Waals surface area contributed by atoms with Crippen molar-refractivity contribution in [1.82, 2.24) is 19.9 Å². The zero-order valence-electron chi connectivity index (χ0n) is 17.3. The van der Waals surface area contributed by atoms with E-state index >= 15 is 0 Å². The lowest BCUT2D eigenvalue weighted by atomic mass is 10.2. The third-order valence-corrected chi connectivity index (χ3v) is 6.30. The molecular weight excluding hydrogens is 404 g/mol. The molecule has 0 saturated carbocycles. The molecule has 1 aromatic carbocycles. The van der Waals surface area contributed by atoms with Crippen molar-refractivity contribution in [3.8, 4) is 5.75 Å². The van der Waals surface area contributed by atoms with Crippen LogP contribution in [0, 0.1) is 0 Å². The van der Waals surface area contributed by atoms with Crippen LogP contribution < -0.4 is 19.7 Å². The number of ether oxygens (including phenoxy) is 1. The summed E-state index contributed by atoms with van der Waals surface area (Å²) in [5.41, 5.74) is 1.14. The predicted molar refractivity (Wildman–Crippen MR) is 118 cm³/mol. The summed E-state index contributed by atoms with van der Waals surface area (Å²) in [4.78, 5) is 12.8. The average molecular weight is 433 g/mol. The zero-order valence-corrected chi connectivity index (χ0v) is 18.1. The predicted octanol–water partition coefficient (Wildman–Crippen LogP) is 0.766. The molecule has 0 amide bonds. The lowest BCUT2D eigenvalue weighted by Gasteiger charge is -2.37. The zero-order chi connectivity index (χ0) is 21.4. The normalized spacial score (nSPS) is 15.2. The molecule has 162 valence electrons. The first kappa shape index (κ1) is 21.8. The number of rotatable bonds is 7. The van der Waals surface area contributed by atoms with Crippen molar-refractivity contribution in [2.24, 2.45) is 4.99 Å². The molecule has 3 rings (SSSR count). The van der Waals surface area contributed by atoms with Crippen LogP contribution in [0.4, 0.5) is 5.69 Å². The van der Waals surface area contributed by atoms with Crippen molar-refractivity contribution in [3.05, 3.63) is 48.8 Å². The van der Waals surface area contributed by atoms with E-state index in [0.717, 1.165) is 43.6 Å². The molecule has 1 aromatic heterocycles. The van der Waals surface area contributed by atoms with Gasteiger partial charge in [-0.15, -0.1) is 0 Å². The topological polar surface area (TPSA) is 99.2 Å². The van der Waals surface area contributed by atoms with Gasteiger partial charge in [0.2, 0.25) is 10.0 Å². The number of hydrogen-bond acceptors (Lipinski definition) is 6. The molecule has 30 heavy (non-hydrogen) atoms. The van der Waals surface area contributed by atoms with Gasteiger partial charge in [-0.05, 0) is 24.3 Å². The molecule has 0 radical (unpaired) electrons. The second kappa shape index (κ2) is 10.3. The van der Waals surface area contributed by atoms with Gasteiger partial charge in [-0.2, -0.15) is 0 Å². The van der Waals surface area contributed by atoms with Crippen molar-refractivity contribution in [2.75, 3.05) is 58.3 Å². The summed E-state index contributed by atoms with van der Waals surface area (Å²) < 4.78 is 32.3. The fourth-order valence-corrected chi connectivity index (χ4v) is 4.26. The summed E-state index contributed by atoms with van der Waals surface area (Å²) in [6.07, 6.45) is 2.87. The lowest BCUT2D eigenvalue weighted by Crippen LogP contribution is -2.53. The van der Waals surface area contributed by atoms with E-state index in [9.17, 15) is 8.42 Å². The largest absolute Gasteiger partial charge is 0.497 e. The van der Waals surface area contributed by atoms with E-state index in [1.807, 2.05) is 18.2 Å². The Morgan fingerprint density at radius 1 is 1.17 bits per heavy atom. The summed E-state index contributed by atoms with van der Waals surface area (Å²) in [5.74, 6) is 1.61. The van der Waals surface area contributed by atoms with Crippen LogP contribution in [-0.2, 0) is 10.0 Å². The van der Waals surface area contributed by atoms with Crippen molar-refractivity contribution < 1.29 is 13.2 Å². The van der Waals surface area contributed by atoms with Crippen molar-refractivity contribution in [3.63, 3.8) is 0 Å². The van der Waals surface area contributed by atoms with Gasteiger partial charge in [-0.3, -0.25) is 9.98 Å². The highest BCUT2D eigenvalue weighted by atomic mass is 32.2. The monoisotopic (exact) mass is 432 g/mol. The third-order valence-electron chi connectivity index (χ3n) is 4.85. The Hall–Kier alpha value is -2.85. The Morgan fingerprint density at radius 3 is 2.63 bits per heavy atom. The number of nitrogens with one attached hydrogen (secondary N) is 2. The molecule has 1 fully saturated rings. The number of benzene rings is 1. The quantitative estimate of drug-likeness (QED) is 0.379. The number of methoxy groups -OCH3 is 1. The summed E-state index contributed by atoms with van der Waals surface area (Å²) in [6.45, 7) is 4.04. The van der Waals surface area contributed by atoms with Gasteiger partial charge in [-0.25, -0.2) is 13.1 Å². The van der Waals surface area contributed by atoms with E-state index in [-0.39, 0.29) is 11.4 Å². The molecular formula is C20H28N6O3S. The van der Waals surface area contributed by atoms with Gasteiger partial charge in [0.05, 0.1) is 7.11 Å². The minimum atomic E-state index is -3.56. The van der Waals surface area contributed by atoms with Gasteiger partial charge in [0.15, 0.2) is 5.96 Å². The van der Waals surface area contributed by atoms with Crippen LogP contribution in [0.15, 0.2) is 58.7 Å². The second-order valence-corrected chi connectivity index (χ2v) is 8.50. The van der Waals surface area contributed by atoms with Gasteiger partial charge in [-0.1, -0.05) is 6.07 Å². The number of anilines is 1. The Balaban J connectivity index is 1.46. The minimum Gasteiger partial charge on any atom is -0.497 e. The number of aliphatic imine (C=N–C) groups is 1. The van der Waals surface area contributed by atoms with Crippen LogP contribution >= 0.6 is 0 Å². The van der Waals surface area contributed by atoms with Gasteiger partial charge >= 0.3 is 0 Å². The highest BCUT2D eigenvalue weighted by Crippen LogP contribution is 2.22. The van der Waals surface area contributed by atoms with Crippen LogP contribution in [0.2, 0.25) is 0 Å². The molecule has 1 saturated heterocycles. The smallest absolute Gasteiger partial charge is 0.242 e. The fraction of sp³-hybridized carbons (Fsp3) is 0.400. The Bertz CT molecular complexity index is 944. The molecule has 2 aromatic rings. The van der Waals surface area contributed by atoms with Crippen LogP contribution in [0.1, 0.15) is 0 Å². The first-order valence-corrected chi connectivity index (χ1v) is 11.3. The minimum absolute atomic E-state index is 0.156. The molecule has 1 aliphatic rings. The molecule has 1 aliphatic heterocycles. The van der Waals surface area contributed by atoms with E-state index in [4.69, 9.17) is 4.74 Å². The maximum atomic E-state index is 12.2. The van der Waals surface area contributed by atoms with Gasteiger partial charge < -0.3 is 19.9 Å². The summed E-state index contributed by atoms with van der Waals surface area (Å²) in [5, 5.41) is 3.23. The molecule has 2 heterocycles. The standard InChI is InChI=1S/C20H28N6O3S/c1-21-20(23-9-10-24-30(27,28)19-7-4-8-22-16-19)26-13-11-25(12-14-26)17-5-3-6-18(15-17)29-2/h3-8,15-16,24H,9-14H2,1-2H3,(H,21,23). The summed E-state index contributed by atoms with van der Waals surface area (Å²) in [7, 11) is -0.153. The molecule has 2 N–H and O–H groups in total. The number of sulfonamides is 1. The SMILES string of the molecule is CN=C(NCCNS(=O)(=O)c1cccnc1)N1CCN(c2cccc(OC)c2)CC1. The fourth-order valence-electron chi connectivity index (χ4n) is 3.27. The van der Waals surface area contributed by atoms with Crippen molar-refractivity contribution in [2.45, 2.75) is 4.90 Å². The van der Waals surface area contributed by atoms with Gasteiger partial charge in [0.1, 0.15) is 10.6 Å². The number of aromatic nitrogens is 1. The molecule has 9 nitrogen and oxygen atoms in total. The number of hydrogen-bond donors (Lipinski definition) is 2. The number of piperazine rings is 1. The first-order chi connectivity index (χ1) is 14.5. The van der Waals surface area contributed by atoms with Crippen molar-refractivity contribution >= 4 is 21.7 Å². The van der Waals surface area contributed by atoms with E-state index < -0.39 is 10.0 Å². The third kappa shape index (κ3) is 5.61. The highest BCUT2D eigenvalue weighted by molar-refractivity contribution is 7.89. The first-order valence-electron chi connectivity index (χ1n) is 9.78. The number of nitrogens with zero attached hydrogens (tertiary/aromatic N) is 4. The second-order valence-electron chi connectivity index (χ2n) is 6.74. The van der Waals surface area contributed by atoms with E-state index in [1.165, 1.54) is 12.3 Å². The van der Waals surface area contributed by atoms with E-state index in [2.05, 4.69) is 35.9 Å². The maximum Gasteiger partial charge on any atom is 0.242 e. The van der Waals surface area contributed by atoms with Crippen LogP contribution in [0.25, 0.3) is 0 Å². The average Bonchev–Trinajstić information content (AvgIpc) is 2.80. The lowest BCUT2D eigenvalue weighted by molar-refractivity contribution is 0.372. The summed E-state index contributed by atoms with van der Waals surface area (Å²) >= 11 is 0. The highest BCUT2D eigenvalue weighted by Gasteiger charge is 2.20. The van der Waals surface area contributed by atoms with Gasteiger partial charge in [0, 0.05) is 70.5 Å². The maximum absolute atomic E-state index is 12.2. The Labute approximate surface area is 177 Å². The summed E-state index contributed by atoms with van der Waals surface area (Å²) in [6, 6.07) is 11.2. The van der Waals surface area contributed by atoms with E-state index in [0.29, 0.717) is 6.54 Å². The molecule has 0 bridgehead atoms. The molecule has 0 atom stereocenters. The molecule has 0 unspecified atom stereocenters. The number of pyridine rings is 1.